The van der Waals surface area contributed by atoms with E-state index in [1.54, 1.807) is 0 Å². The van der Waals surface area contributed by atoms with Gasteiger partial charge in [0.1, 0.15) is 13.2 Å². The average molecular weight is 514 g/mol. The number of aryl methyl sites for hydroxylation is 1. The van der Waals surface area contributed by atoms with Gasteiger partial charge in [0, 0.05) is 13.1 Å². The van der Waals surface area contributed by atoms with E-state index < -0.39 is 12.2 Å². The first kappa shape index (κ1) is 25.8. The summed E-state index contributed by atoms with van der Waals surface area (Å²) in [7, 11) is 0. The maximum Gasteiger partial charge on any atom is 0.429 e. The Kier molecular flexibility index (Phi) is 8.56. The number of hydrazine groups is 1. The van der Waals surface area contributed by atoms with E-state index in [1.807, 2.05) is 66.7 Å². The molecule has 2 aliphatic rings. The first-order valence-corrected chi connectivity index (χ1v) is 13.4. The van der Waals surface area contributed by atoms with Gasteiger partial charge in [0.25, 0.3) is 0 Å². The van der Waals surface area contributed by atoms with Crippen LogP contribution in [-0.4, -0.2) is 58.8 Å². The highest BCUT2D eigenvalue weighted by atomic mass is 16.6. The number of carbonyl (C=O) groups is 2. The molecule has 3 aromatic rings. The molecule has 2 heterocycles. The van der Waals surface area contributed by atoms with Crippen LogP contribution in [0.4, 0.5) is 9.59 Å². The number of amides is 2. The summed E-state index contributed by atoms with van der Waals surface area (Å²) in [5.74, 6) is 0. The van der Waals surface area contributed by atoms with E-state index in [0.29, 0.717) is 13.1 Å². The van der Waals surface area contributed by atoms with Crippen molar-refractivity contribution in [2.45, 2.75) is 51.0 Å². The minimum Gasteiger partial charge on any atom is -0.443 e. The highest BCUT2D eigenvalue weighted by Crippen LogP contribution is 2.32. The Bertz CT molecular complexity index is 1110. The Balaban J connectivity index is 1.22. The normalized spacial score (nSPS) is 18.8. The van der Waals surface area contributed by atoms with Gasteiger partial charge in [0.05, 0.1) is 12.1 Å². The van der Waals surface area contributed by atoms with Crippen LogP contribution in [0.2, 0.25) is 0 Å². The second-order valence-electron chi connectivity index (χ2n) is 10.0. The zero-order chi connectivity index (χ0) is 26.2. The van der Waals surface area contributed by atoms with E-state index in [1.165, 1.54) is 15.6 Å². The largest absolute Gasteiger partial charge is 0.443 e. The summed E-state index contributed by atoms with van der Waals surface area (Å²) in [6, 6.07) is 29.4. The van der Waals surface area contributed by atoms with Crippen molar-refractivity contribution < 1.29 is 19.1 Å². The van der Waals surface area contributed by atoms with Gasteiger partial charge in [-0.2, -0.15) is 0 Å². The lowest BCUT2D eigenvalue weighted by Crippen LogP contribution is -2.50. The van der Waals surface area contributed by atoms with Crippen LogP contribution < -0.4 is 0 Å². The number of benzene rings is 3. The Morgan fingerprint density at radius 1 is 0.632 bits per heavy atom. The molecule has 2 unspecified atom stereocenters. The number of ether oxygens (including phenoxy) is 2. The summed E-state index contributed by atoms with van der Waals surface area (Å²) < 4.78 is 11.3. The van der Waals surface area contributed by atoms with Crippen LogP contribution in [0.25, 0.3) is 0 Å². The lowest BCUT2D eigenvalue weighted by molar-refractivity contribution is -0.0199. The van der Waals surface area contributed by atoms with Gasteiger partial charge < -0.3 is 9.47 Å². The fourth-order valence-corrected chi connectivity index (χ4v) is 5.38. The molecule has 0 N–H and O–H groups in total. The van der Waals surface area contributed by atoms with Crippen molar-refractivity contribution in [3.63, 3.8) is 0 Å². The molecule has 2 saturated heterocycles. The number of unbranched alkanes of at least 4 members (excludes halogenated alkanes) is 1. The zero-order valence-corrected chi connectivity index (χ0v) is 21.7. The maximum absolute atomic E-state index is 13.3. The van der Waals surface area contributed by atoms with Gasteiger partial charge in [-0.1, -0.05) is 91.0 Å². The van der Waals surface area contributed by atoms with Crippen molar-refractivity contribution >= 4 is 12.2 Å². The average Bonchev–Trinajstić information content (AvgIpc) is 3.24. The predicted octanol–water partition coefficient (Wildman–Crippen LogP) is 5.66. The van der Waals surface area contributed by atoms with Gasteiger partial charge in [0.2, 0.25) is 0 Å². The molecule has 198 valence electrons. The van der Waals surface area contributed by atoms with Crippen LogP contribution in [-0.2, 0) is 29.1 Å². The Hall–Kier alpha value is -3.84. The quantitative estimate of drug-likeness (QED) is 0.346. The van der Waals surface area contributed by atoms with Gasteiger partial charge in [-0.25, -0.2) is 19.6 Å². The molecule has 38 heavy (non-hydrogen) atoms. The Labute approximate surface area is 224 Å². The molecule has 0 aromatic heterocycles. The van der Waals surface area contributed by atoms with Gasteiger partial charge in [0.15, 0.2) is 0 Å². The summed E-state index contributed by atoms with van der Waals surface area (Å²) in [5.41, 5.74) is 3.16. The van der Waals surface area contributed by atoms with Crippen LogP contribution >= 0.6 is 0 Å². The molecule has 2 amide bonds. The molecular formula is C31H35N3O4. The summed E-state index contributed by atoms with van der Waals surface area (Å²) >= 11 is 0. The number of hydrogen-bond acceptors (Lipinski definition) is 5. The number of likely N-dealkylation sites (tertiary alicyclic amines) is 1. The lowest BCUT2D eigenvalue weighted by Gasteiger charge is -2.30. The molecule has 0 aliphatic carbocycles. The van der Waals surface area contributed by atoms with E-state index >= 15 is 0 Å². The third-order valence-electron chi connectivity index (χ3n) is 7.22. The van der Waals surface area contributed by atoms with Crippen molar-refractivity contribution in [1.82, 2.24) is 14.9 Å². The van der Waals surface area contributed by atoms with Gasteiger partial charge in [-0.3, -0.25) is 4.90 Å². The standard InChI is InChI=1S/C31H35N3O4/c35-30(37-23-26-15-6-2-7-16-26)33-28-20-29(34(33)31(36)38-24-27-17-8-3-9-18-27)22-32(21-28)19-11-10-14-25-12-4-1-5-13-25/h1-9,12-13,15-18,28-29H,10-11,14,19-24H2. The van der Waals surface area contributed by atoms with Crippen LogP contribution in [0.5, 0.6) is 0 Å². The Morgan fingerprint density at radius 2 is 1.08 bits per heavy atom. The molecule has 0 saturated carbocycles. The Morgan fingerprint density at radius 3 is 1.55 bits per heavy atom. The zero-order valence-electron chi connectivity index (χ0n) is 21.7. The third-order valence-corrected chi connectivity index (χ3v) is 7.22. The fraction of sp³-hybridized carbons (Fsp3) is 0.355. The minimum absolute atomic E-state index is 0.129. The van der Waals surface area contributed by atoms with Gasteiger partial charge in [-0.05, 0) is 48.9 Å². The predicted molar refractivity (Wildman–Crippen MR) is 145 cm³/mol. The molecule has 7 nitrogen and oxygen atoms in total. The van der Waals surface area contributed by atoms with E-state index in [-0.39, 0.29) is 25.3 Å². The number of fused-ring (bicyclic) bond motifs is 2. The molecule has 3 aromatic carbocycles. The van der Waals surface area contributed by atoms with Crippen molar-refractivity contribution in [1.29, 1.82) is 0 Å². The van der Waals surface area contributed by atoms with Crippen LogP contribution in [0.3, 0.4) is 0 Å². The number of piperidine rings is 1. The summed E-state index contributed by atoms with van der Waals surface area (Å²) in [5, 5.41) is 3.01. The summed E-state index contributed by atoms with van der Waals surface area (Å²) in [4.78, 5) is 29.0. The first-order chi connectivity index (χ1) is 18.7. The molecular weight excluding hydrogens is 478 g/mol. The molecule has 2 aliphatic heterocycles. The van der Waals surface area contributed by atoms with E-state index in [4.69, 9.17) is 9.47 Å². The first-order valence-electron chi connectivity index (χ1n) is 13.4. The number of hydrogen-bond donors (Lipinski definition) is 0. The van der Waals surface area contributed by atoms with E-state index in [9.17, 15) is 9.59 Å². The number of carbonyl (C=O) groups excluding carboxylic acids is 2. The topological polar surface area (TPSA) is 62.3 Å². The van der Waals surface area contributed by atoms with Gasteiger partial charge in [-0.15, -0.1) is 0 Å². The minimum atomic E-state index is -0.510. The third kappa shape index (κ3) is 6.53. The molecule has 2 fully saturated rings. The molecule has 2 bridgehead atoms. The van der Waals surface area contributed by atoms with Crippen LogP contribution in [0.15, 0.2) is 91.0 Å². The second kappa shape index (κ2) is 12.6. The van der Waals surface area contributed by atoms with Gasteiger partial charge >= 0.3 is 12.2 Å². The van der Waals surface area contributed by atoms with Crippen molar-refractivity contribution in [2.24, 2.45) is 0 Å². The molecule has 7 heteroatoms. The SMILES string of the molecule is O=C(OCc1ccccc1)N1C2CC(CN(CCCCc3ccccc3)C2)N1C(=O)OCc1ccccc1. The molecule has 0 spiro atoms. The molecule has 0 radical (unpaired) electrons. The molecule has 5 rings (SSSR count). The van der Waals surface area contributed by atoms with E-state index in [2.05, 4.69) is 29.2 Å². The van der Waals surface area contributed by atoms with Crippen molar-refractivity contribution in [3.8, 4) is 0 Å². The smallest absolute Gasteiger partial charge is 0.429 e. The van der Waals surface area contributed by atoms with E-state index in [0.717, 1.165) is 43.4 Å². The highest BCUT2D eigenvalue weighted by Gasteiger charge is 2.50. The molecule has 2 atom stereocenters. The number of nitrogens with zero attached hydrogens (tertiary/aromatic N) is 3. The highest BCUT2D eigenvalue weighted by molar-refractivity contribution is 5.76. The lowest BCUT2D eigenvalue weighted by atomic mass is 10.0. The van der Waals surface area contributed by atoms with Crippen molar-refractivity contribution in [2.75, 3.05) is 19.6 Å². The number of rotatable bonds is 9. The summed E-state index contributed by atoms with van der Waals surface area (Å²) in [6.07, 6.45) is 2.92. The maximum atomic E-state index is 13.3. The van der Waals surface area contributed by atoms with Crippen molar-refractivity contribution in [3.05, 3.63) is 108 Å². The second-order valence-corrected chi connectivity index (χ2v) is 10.0. The summed E-state index contributed by atoms with van der Waals surface area (Å²) in [6.45, 7) is 2.67. The fourth-order valence-electron chi connectivity index (χ4n) is 5.38. The van der Waals surface area contributed by atoms with Crippen LogP contribution in [0, 0.1) is 0 Å². The van der Waals surface area contributed by atoms with Crippen LogP contribution in [0.1, 0.15) is 36.0 Å². The monoisotopic (exact) mass is 513 g/mol.